The zero-order valence-electron chi connectivity index (χ0n) is 10.4. The summed E-state index contributed by atoms with van der Waals surface area (Å²) in [5, 5.41) is 0. The quantitative estimate of drug-likeness (QED) is 0.637. The number of halogens is 3. The Balaban J connectivity index is 2.15. The summed E-state index contributed by atoms with van der Waals surface area (Å²) >= 11 is 4.67. The maximum atomic E-state index is 12.4. The third-order valence-corrected chi connectivity index (χ3v) is 2.42. The van der Waals surface area contributed by atoms with Crippen molar-refractivity contribution < 1.29 is 13.5 Å². The molecule has 2 rings (SSSR count). The van der Waals surface area contributed by atoms with Gasteiger partial charge >= 0.3 is 5.57 Å². The Labute approximate surface area is 119 Å². The largest absolute Gasteiger partial charge is 0.487 e. The fourth-order valence-electron chi connectivity index (χ4n) is 1.47. The van der Waals surface area contributed by atoms with E-state index in [0.29, 0.717) is 11.4 Å². The van der Waals surface area contributed by atoms with Gasteiger partial charge < -0.3 is 4.74 Å². The first-order chi connectivity index (χ1) is 9.44. The molecule has 0 radical (unpaired) electrons. The molecule has 0 bridgehead atoms. The molecule has 0 spiro atoms. The number of aliphatic imine (C=N–C) groups is 1. The van der Waals surface area contributed by atoms with E-state index in [0.717, 1.165) is 5.56 Å². The van der Waals surface area contributed by atoms with Crippen LogP contribution in [-0.4, -0.2) is 21.2 Å². The lowest BCUT2D eigenvalue weighted by atomic mass is 10.2. The maximum Gasteiger partial charge on any atom is 0.487 e. The smallest absolute Gasteiger partial charge is 0.420 e. The number of alkyl halides is 3. The van der Waals surface area contributed by atoms with E-state index in [1.807, 2.05) is 0 Å². The molecule has 0 aliphatic heterocycles. The fraction of sp³-hybridized carbons (Fsp3) is 0.154. The van der Waals surface area contributed by atoms with Gasteiger partial charge in [-0.1, -0.05) is 0 Å². The summed E-state index contributed by atoms with van der Waals surface area (Å²) < 4.78 is 29.1. The summed E-state index contributed by atoms with van der Waals surface area (Å²) in [4.78, 5) is 12.1. The molecule has 0 saturated heterocycles. The Hall–Kier alpha value is -2.08. The van der Waals surface area contributed by atoms with E-state index in [-0.39, 0.29) is 5.75 Å². The summed E-state index contributed by atoms with van der Waals surface area (Å²) in [5.74, 6) is -0.0374. The van der Waals surface area contributed by atoms with E-state index in [4.69, 9.17) is 0 Å². The van der Waals surface area contributed by atoms with Crippen molar-refractivity contribution in [3.05, 3.63) is 48.5 Å². The van der Waals surface area contributed by atoms with Crippen LogP contribution in [0, 0.1) is 0 Å². The molecule has 1 aromatic carbocycles. The van der Waals surface area contributed by atoms with Crippen LogP contribution in [0.4, 0.5) is 14.5 Å². The first kappa shape index (κ1) is 14.3. The van der Waals surface area contributed by atoms with Crippen LogP contribution in [-0.2, 0) is 0 Å². The van der Waals surface area contributed by atoms with Crippen molar-refractivity contribution in [3.8, 4) is 5.75 Å². The molecule has 0 amide bonds. The van der Waals surface area contributed by atoms with Gasteiger partial charge in [0, 0.05) is 35.3 Å². The minimum absolute atomic E-state index is 0.0374. The molecule has 0 aliphatic carbocycles. The zero-order chi connectivity index (χ0) is 14.6. The molecule has 0 aliphatic rings. The highest BCUT2D eigenvalue weighted by Gasteiger charge is 2.27. The normalized spacial score (nSPS) is 12.3. The van der Waals surface area contributed by atoms with E-state index >= 15 is 0 Å². The van der Waals surface area contributed by atoms with Crippen molar-refractivity contribution in [3.63, 3.8) is 0 Å². The molecule has 7 heteroatoms. The molecule has 0 fully saturated rings. The van der Waals surface area contributed by atoms with Crippen molar-refractivity contribution in [2.45, 2.75) is 12.5 Å². The van der Waals surface area contributed by atoms with Crippen molar-refractivity contribution in [1.82, 2.24) is 9.97 Å². The van der Waals surface area contributed by atoms with Gasteiger partial charge in [-0.2, -0.15) is 0 Å². The van der Waals surface area contributed by atoms with Gasteiger partial charge in [0.2, 0.25) is 0 Å². The van der Waals surface area contributed by atoms with Gasteiger partial charge in [0.15, 0.2) is 0 Å². The summed E-state index contributed by atoms with van der Waals surface area (Å²) in [6.45, 7) is 1.80. The highest BCUT2D eigenvalue weighted by molar-refractivity contribution is 6.20. The summed E-state index contributed by atoms with van der Waals surface area (Å²) in [6, 6.07) is 5.82. The molecule has 2 aromatic rings. The Morgan fingerprint density at radius 2 is 1.80 bits per heavy atom. The Morgan fingerprint density at radius 3 is 2.35 bits per heavy atom. The molecule has 1 heterocycles. The Morgan fingerprint density at radius 1 is 1.20 bits per heavy atom. The third-order valence-electron chi connectivity index (χ3n) is 2.35. The molecule has 0 atom stereocenters. The van der Waals surface area contributed by atoms with Crippen LogP contribution in [0.15, 0.2) is 48.0 Å². The monoisotopic (exact) mass is 297 g/mol. The number of ether oxygens (including phenoxy) is 1. The molecule has 0 saturated carbocycles. The number of nitrogens with zero attached hydrogens (tertiary/aromatic N) is 3. The van der Waals surface area contributed by atoms with Crippen LogP contribution in [0.2, 0.25) is 0 Å². The lowest BCUT2D eigenvalue weighted by Gasteiger charge is -2.10. The SMILES string of the molecule is C/C(=N\c1ccc(OC(F)(F)Cl)cc1)c1cncnc1. The lowest BCUT2D eigenvalue weighted by Crippen LogP contribution is -2.15. The number of hydrogen-bond donors (Lipinski definition) is 0. The van der Waals surface area contributed by atoms with Crippen molar-refractivity contribution in [2.75, 3.05) is 0 Å². The standard InChI is InChI=1S/C13H10ClF2N3O/c1-9(10-6-17-8-18-7-10)19-11-2-4-12(5-3-11)20-13(14,15)16/h2-8H,1H3/b19-9+. The molecular formula is C13H10ClF2N3O. The van der Waals surface area contributed by atoms with E-state index in [1.54, 1.807) is 31.5 Å². The average Bonchev–Trinajstić information content (AvgIpc) is 2.40. The number of benzene rings is 1. The molecular weight excluding hydrogens is 288 g/mol. The van der Waals surface area contributed by atoms with E-state index < -0.39 is 5.57 Å². The summed E-state index contributed by atoms with van der Waals surface area (Å²) in [5.41, 5.74) is -1.64. The van der Waals surface area contributed by atoms with E-state index in [2.05, 4.69) is 31.3 Å². The topological polar surface area (TPSA) is 47.4 Å². The fourth-order valence-corrected chi connectivity index (χ4v) is 1.56. The van der Waals surface area contributed by atoms with Gasteiger partial charge in [0.1, 0.15) is 12.1 Å². The summed E-state index contributed by atoms with van der Waals surface area (Å²) in [7, 11) is 0. The summed E-state index contributed by atoms with van der Waals surface area (Å²) in [6.07, 6.45) is 4.70. The average molecular weight is 298 g/mol. The third kappa shape index (κ3) is 4.24. The van der Waals surface area contributed by atoms with Gasteiger partial charge in [-0.05, 0) is 31.2 Å². The van der Waals surface area contributed by atoms with Gasteiger partial charge in [-0.15, -0.1) is 8.78 Å². The number of aromatic nitrogens is 2. The molecule has 20 heavy (non-hydrogen) atoms. The maximum absolute atomic E-state index is 12.4. The van der Waals surface area contributed by atoms with Gasteiger partial charge in [-0.3, -0.25) is 4.99 Å². The number of hydrogen-bond acceptors (Lipinski definition) is 4. The van der Waals surface area contributed by atoms with Gasteiger partial charge in [-0.25, -0.2) is 9.97 Å². The second-order valence-electron chi connectivity index (χ2n) is 3.87. The molecule has 0 unspecified atom stereocenters. The highest BCUT2D eigenvalue weighted by Crippen LogP contribution is 2.26. The van der Waals surface area contributed by atoms with Crippen LogP contribution >= 0.6 is 11.6 Å². The lowest BCUT2D eigenvalue weighted by molar-refractivity contribution is -0.0964. The van der Waals surface area contributed by atoms with Crippen molar-refractivity contribution in [1.29, 1.82) is 0 Å². The highest BCUT2D eigenvalue weighted by atomic mass is 35.5. The second kappa shape index (κ2) is 5.92. The van der Waals surface area contributed by atoms with Crippen LogP contribution < -0.4 is 4.74 Å². The van der Waals surface area contributed by atoms with Crippen molar-refractivity contribution in [2.24, 2.45) is 4.99 Å². The molecule has 0 N–H and O–H groups in total. The zero-order valence-corrected chi connectivity index (χ0v) is 11.2. The Kier molecular flexibility index (Phi) is 4.24. The first-order valence-corrected chi connectivity index (χ1v) is 5.98. The van der Waals surface area contributed by atoms with E-state index in [9.17, 15) is 8.78 Å². The molecule has 1 aromatic heterocycles. The van der Waals surface area contributed by atoms with Gasteiger partial charge in [0.25, 0.3) is 0 Å². The Bertz CT molecular complexity index is 597. The first-order valence-electron chi connectivity index (χ1n) is 5.60. The minimum Gasteiger partial charge on any atom is -0.420 e. The number of rotatable bonds is 4. The second-order valence-corrected chi connectivity index (χ2v) is 4.31. The van der Waals surface area contributed by atoms with E-state index in [1.165, 1.54) is 18.5 Å². The molecule has 4 nitrogen and oxygen atoms in total. The van der Waals surface area contributed by atoms with Crippen LogP contribution in [0.5, 0.6) is 5.75 Å². The van der Waals surface area contributed by atoms with Crippen LogP contribution in [0.25, 0.3) is 0 Å². The van der Waals surface area contributed by atoms with Crippen molar-refractivity contribution >= 4 is 23.0 Å². The van der Waals surface area contributed by atoms with Crippen LogP contribution in [0.3, 0.4) is 0 Å². The van der Waals surface area contributed by atoms with Crippen LogP contribution in [0.1, 0.15) is 12.5 Å². The van der Waals surface area contributed by atoms with Gasteiger partial charge in [0.05, 0.1) is 5.69 Å². The molecule has 104 valence electrons. The minimum atomic E-state index is -3.72. The predicted octanol–water partition coefficient (Wildman–Crippen LogP) is 3.79. The predicted molar refractivity (Wildman–Crippen MR) is 71.8 cm³/mol.